The summed E-state index contributed by atoms with van der Waals surface area (Å²) in [5, 5.41) is 2.97. The van der Waals surface area contributed by atoms with Crippen LogP contribution in [0.3, 0.4) is 0 Å². The van der Waals surface area contributed by atoms with Crippen molar-refractivity contribution in [2.75, 3.05) is 13.2 Å². The summed E-state index contributed by atoms with van der Waals surface area (Å²) in [7, 11) is 0. The Morgan fingerprint density at radius 3 is 2.71 bits per heavy atom. The molecular formula is C10H19F2NO. The molecule has 1 rings (SSSR count). The average Bonchev–Trinajstić information content (AvgIpc) is 2.31. The predicted octanol–water partition coefficient (Wildman–Crippen LogP) is 2.19. The summed E-state index contributed by atoms with van der Waals surface area (Å²) in [6.45, 7) is 3.93. The van der Waals surface area contributed by atoms with Crippen molar-refractivity contribution in [2.45, 2.75) is 51.1 Å². The highest BCUT2D eigenvalue weighted by atomic mass is 19.3. The summed E-state index contributed by atoms with van der Waals surface area (Å²) in [6.07, 6.45) is 2.72. The number of nitrogens with one attached hydrogen (secondary N) is 1. The molecule has 0 radical (unpaired) electrons. The van der Waals surface area contributed by atoms with Crippen LogP contribution >= 0.6 is 0 Å². The molecule has 0 bridgehead atoms. The highest BCUT2D eigenvalue weighted by Crippen LogP contribution is 2.19. The molecule has 0 unspecified atom stereocenters. The normalized spacial score (nSPS) is 27.0. The first-order valence-corrected chi connectivity index (χ1v) is 5.22. The first-order chi connectivity index (χ1) is 6.50. The summed E-state index contributed by atoms with van der Waals surface area (Å²) in [4.78, 5) is 0. The van der Waals surface area contributed by atoms with E-state index in [1.807, 2.05) is 0 Å². The lowest BCUT2D eigenvalue weighted by atomic mass is 10.1. The van der Waals surface area contributed by atoms with Gasteiger partial charge in [-0.25, -0.2) is 8.78 Å². The lowest BCUT2D eigenvalue weighted by Gasteiger charge is -2.25. The Kier molecular flexibility index (Phi) is 4.26. The Bertz CT molecular complexity index is 162. The van der Waals surface area contributed by atoms with Gasteiger partial charge in [-0.1, -0.05) is 0 Å². The van der Waals surface area contributed by atoms with Gasteiger partial charge in [0.15, 0.2) is 0 Å². The van der Waals surface area contributed by atoms with Gasteiger partial charge in [0.2, 0.25) is 0 Å². The van der Waals surface area contributed by atoms with E-state index in [-0.39, 0.29) is 6.04 Å². The lowest BCUT2D eigenvalue weighted by Crippen LogP contribution is -2.46. The zero-order valence-corrected chi connectivity index (χ0v) is 8.85. The Hall–Kier alpha value is -0.220. The largest absolute Gasteiger partial charge is 0.381 e. The van der Waals surface area contributed by atoms with E-state index >= 15 is 0 Å². The van der Waals surface area contributed by atoms with Crippen LogP contribution in [0.5, 0.6) is 0 Å². The third-order valence-corrected chi connectivity index (χ3v) is 2.70. The molecule has 4 heteroatoms. The van der Waals surface area contributed by atoms with Crippen LogP contribution in [-0.2, 0) is 4.74 Å². The van der Waals surface area contributed by atoms with Crippen molar-refractivity contribution in [1.29, 1.82) is 0 Å². The second kappa shape index (κ2) is 5.03. The predicted molar refractivity (Wildman–Crippen MR) is 51.7 cm³/mol. The highest BCUT2D eigenvalue weighted by Gasteiger charge is 2.31. The highest BCUT2D eigenvalue weighted by molar-refractivity contribution is 4.80. The summed E-state index contributed by atoms with van der Waals surface area (Å²) < 4.78 is 31.0. The Labute approximate surface area is 84.0 Å². The Balaban J connectivity index is 2.34. The number of ether oxygens (including phenoxy) is 1. The van der Waals surface area contributed by atoms with Gasteiger partial charge in [-0.3, -0.25) is 0 Å². The van der Waals surface area contributed by atoms with Gasteiger partial charge in [0.05, 0.1) is 6.04 Å². The van der Waals surface area contributed by atoms with Crippen LogP contribution in [0.1, 0.15) is 33.1 Å². The third kappa shape index (κ3) is 3.88. The number of rotatable bonds is 3. The van der Waals surface area contributed by atoms with E-state index in [1.165, 1.54) is 6.92 Å². The maximum absolute atomic E-state index is 12.9. The number of halogens is 2. The first kappa shape index (κ1) is 11.9. The van der Waals surface area contributed by atoms with Gasteiger partial charge in [0, 0.05) is 26.2 Å². The van der Waals surface area contributed by atoms with Crippen molar-refractivity contribution in [3.8, 4) is 0 Å². The molecule has 2 nitrogen and oxygen atoms in total. The van der Waals surface area contributed by atoms with Crippen molar-refractivity contribution < 1.29 is 13.5 Å². The van der Waals surface area contributed by atoms with Crippen LogP contribution in [0.4, 0.5) is 8.78 Å². The van der Waals surface area contributed by atoms with E-state index in [0.717, 1.165) is 32.8 Å². The van der Waals surface area contributed by atoms with Gasteiger partial charge in [-0.05, 0) is 26.2 Å². The molecule has 0 aromatic carbocycles. The maximum Gasteiger partial charge on any atom is 0.260 e. The molecule has 2 atom stereocenters. The van der Waals surface area contributed by atoms with Crippen LogP contribution < -0.4 is 5.32 Å². The van der Waals surface area contributed by atoms with Crippen molar-refractivity contribution in [3.05, 3.63) is 0 Å². The molecule has 1 aliphatic rings. The number of alkyl halides is 2. The fourth-order valence-corrected chi connectivity index (χ4v) is 1.57. The van der Waals surface area contributed by atoms with E-state index < -0.39 is 12.0 Å². The molecule has 1 heterocycles. The second-order valence-corrected chi connectivity index (χ2v) is 4.08. The fourth-order valence-electron chi connectivity index (χ4n) is 1.57. The van der Waals surface area contributed by atoms with Gasteiger partial charge in [0.1, 0.15) is 0 Å². The van der Waals surface area contributed by atoms with Crippen LogP contribution in [0.15, 0.2) is 0 Å². The zero-order valence-electron chi connectivity index (χ0n) is 8.85. The number of hydrogen-bond donors (Lipinski definition) is 1. The minimum absolute atomic E-state index is 0.179. The molecule has 1 saturated heterocycles. The lowest BCUT2D eigenvalue weighted by molar-refractivity contribution is -0.0165. The molecule has 14 heavy (non-hydrogen) atoms. The van der Waals surface area contributed by atoms with Crippen LogP contribution in [0.25, 0.3) is 0 Å². The molecule has 84 valence electrons. The van der Waals surface area contributed by atoms with E-state index in [9.17, 15) is 8.78 Å². The molecule has 1 fully saturated rings. The minimum Gasteiger partial charge on any atom is -0.381 e. The van der Waals surface area contributed by atoms with Gasteiger partial charge in [-0.15, -0.1) is 0 Å². The summed E-state index contributed by atoms with van der Waals surface area (Å²) >= 11 is 0. The molecular weight excluding hydrogens is 188 g/mol. The standard InChI is InChI=1S/C10H19F2NO/c1-8(10(2,11)12)13-9-4-3-6-14-7-5-9/h8-9,13H,3-7H2,1-2H3/t8-,9-/m1/s1. The summed E-state index contributed by atoms with van der Waals surface area (Å²) in [5.41, 5.74) is 0. The van der Waals surface area contributed by atoms with E-state index in [1.54, 1.807) is 0 Å². The molecule has 0 saturated carbocycles. The molecule has 1 N–H and O–H groups in total. The summed E-state index contributed by atoms with van der Waals surface area (Å²) in [6, 6.07) is -0.580. The SMILES string of the molecule is C[C@@H](N[C@@H]1CCCOCC1)C(C)(F)F. The minimum atomic E-state index is -2.65. The van der Waals surface area contributed by atoms with E-state index in [0.29, 0.717) is 6.61 Å². The maximum atomic E-state index is 12.9. The average molecular weight is 207 g/mol. The van der Waals surface area contributed by atoms with E-state index in [2.05, 4.69) is 5.32 Å². The van der Waals surface area contributed by atoms with Crippen molar-refractivity contribution >= 4 is 0 Å². The van der Waals surface area contributed by atoms with Crippen LogP contribution in [0, 0.1) is 0 Å². The molecule has 0 amide bonds. The van der Waals surface area contributed by atoms with Crippen molar-refractivity contribution in [1.82, 2.24) is 5.32 Å². The Morgan fingerprint density at radius 1 is 1.36 bits per heavy atom. The molecule has 0 aromatic heterocycles. The molecule has 0 aromatic rings. The first-order valence-electron chi connectivity index (χ1n) is 5.22. The van der Waals surface area contributed by atoms with Gasteiger partial charge in [0.25, 0.3) is 5.92 Å². The zero-order chi connectivity index (χ0) is 10.6. The van der Waals surface area contributed by atoms with Crippen LogP contribution in [-0.4, -0.2) is 31.2 Å². The fraction of sp³-hybridized carbons (Fsp3) is 1.00. The smallest absolute Gasteiger partial charge is 0.260 e. The molecule has 0 aliphatic carbocycles. The van der Waals surface area contributed by atoms with Gasteiger partial charge < -0.3 is 10.1 Å². The number of hydrogen-bond acceptors (Lipinski definition) is 2. The summed E-state index contributed by atoms with van der Waals surface area (Å²) in [5.74, 6) is -2.65. The molecule has 0 spiro atoms. The van der Waals surface area contributed by atoms with Crippen molar-refractivity contribution in [2.24, 2.45) is 0 Å². The van der Waals surface area contributed by atoms with E-state index in [4.69, 9.17) is 4.74 Å². The van der Waals surface area contributed by atoms with Gasteiger partial charge in [-0.2, -0.15) is 0 Å². The Morgan fingerprint density at radius 2 is 2.07 bits per heavy atom. The third-order valence-electron chi connectivity index (χ3n) is 2.70. The quantitative estimate of drug-likeness (QED) is 0.766. The van der Waals surface area contributed by atoms with Crippen molar-refractivity contribution in [3.63, 3.8) is 0 Å². The topological polar surface area (TPSA) is 21.3 Å². The molecule has 1 aliphatic heterocycles. The van der Waals surface area contributed by atoms with Gasteiger partial charge >= 0.3 is 0 Å². The monoisotopic (exact) mass is 207 g/mol. The van der Waals surface area contributed by atoms with Crippen LogP contribution in [0.2, 0.25) is 0 Å². The second-order valence-electron chi connectivity index (χ2n) is 4.08.